The number of hydrogen-bond acceptors (Lipinski definition) is 3. The molecule has 4 nitrogen and oxygen atoms in total. The van der Waals surface area contributed by atoms with E-state index in [0.29, 0.717) is 6.54 Å². The van der Waals surface area contributed by atoms with Crippen molar-refractivity contribution in [1.82, 2.24) is 9.55 Å². The average Bonchev–Trinajstić information content (AvgIpc) is 2.77. The van der Waals surface area contributed by atoms with Crippen molar-refractivity contribution in [2.45, 2.75) is 37.8 Å². The molecule has 2 rings (SSSR count). The van der Waals surface area contributed by atoms with Crippen LogP contribution in [0.15, 0.2) is 41.8 Å². The van der Waals surface area contributed by atoms with Crippen molar-refractivity contribution in [3.05, 3.63) is 47.9 Å². The summed E-state index contributed by atoms with van der Waals surface area (Å²) >= 11 is 0. The van der Waals surface area contributed by atoms with Gasteiger partial charge in [-0.2, -0.15) is 0 Å². The third-order valence-corrected chi connectivity index (χ3v) is 4.23. The van der Waals surface area contributed by atoms with Crippen LogP contribution < -0.4 is 0 Å². The van der Waals surface area contributed by atoms with Crippen LogP contribution in [0.2, 0.25) is 0 Å². The van der Waals surface area contributed by atoms with E-state index in [9.17, 15) is 8.42 Å². The van der Waals surface area contributed by atoms with Crippen molar-refractivity contribution in [1.29, 1.82) is 0 Å². The van der Waals surface area contributed by atoms with Gasteiger partial charge in [0.2, 0.25) is 0 Å². The zero-order valence-electron chi connectivity index (χ0n) is 11.7. The van der Waals surface area contributed by atoms with E-state index in [1.54, 1.807) is 4.57 Å². The predicted octanol–water partition coefficient (Wildman–Crippen LogP) is 3.16. The summed E-state index contributed by atoms with van der Waals surface area (Å²) in [7, 11) is 1.48. The molecule has 0 unspecified atom stereocenters. The number of imidazole rings is 1. The normalized spacial score (nSPS) is 12.6. The second-order valence-corrected chi connectivity index (χ2v) is 8.28. The number of aromatic nitrogens is 2. The molecule has 2 aromatic rings. The molecule has 1 heterocycles. The molecule has 0 saturated heterocycles. The minimum Gasteiger partial charge on any atom is -0.332 e. The van der Waals surface area contributed by atoms with Gasteiger partial charge in [-0.15, -0.1) is 0 Å². The Kier molecular flexibility index (Phi) is 3.93. The maximum atomic E-state index is 11.1. The van der Waals surface area contributed by atoms with Gasteiger partial charge in [0.1, 0.15) is 0 Å². The van der Waals surface area contributed by atoms with Gasteiger partial charge in [-0.1, -0.05) is 45.0 Å². The maximum Gasteiger partial charge on any atom is 0.280 e. The zero-order chi connectivity index (χ0) is 15.0. The molecule has 0 fully saturated rings. The van der Waals surface area contributed by atoms with Gasteiger partial charge in [-0.3, -0.25) is 0 Å². The Labute approximate surface area is 123 Å². The minimum absolute atomic E-state index is 0.118. The highest BCUT2D eigenvalue weighted by Gasteiger charge is 2.14. The fraction of sp³-hybridized carbons (Fsp3) is 0.357. The highest BCUT2D eigenvalue weighted by atomic mass is 35.7. The molecule has 0 N–H and O–H groups in total. The quantitative estimate of drug-likeness (QED) is 0.818. The van der Waals surface area contributed by atoms with Gasteiger partial charge in [-0.05, 0) is 16.5 Å². The molecule has 20 heavy (non-hydrogen) atoms. The summed E-state index contributed by atoms with van der Waals surface area (Å²) in [6.45, 7) is 7.05. The molecule has 0 bridgehead atoms. The molecule has 0 saturated carbocycles. The van der Waals surface area contributed by atoms with Crippen molar-refractivity contribution < 1.29 is 8.42 Å². The van der Waals surface area contributed by atoms with Gasteiger partial charge in [0.05, 0.1) is 6.33 Å². The van der Waals surface area contributed by atoms with Crippen LogP contribution in [0.5, 0.6) is 0 Å². The number of nitrogens with zero attached hydrogens (tertiary/aromatic N) is 2. The fourth-order valence-corrected chi connectivity index (χ4v) is 2.55. The Morgan fingerprint density at radius 1 is 1.20 bits per heavy atom. The van der Waals surface area contributed by atoms with Crippen LogP contribution in [0, 0.1) is 0 Å². The SMILES string of the molecule is CC(C)(C)c1ccc(Cn2cnc(S(=O)(=O)Cl)c2)cc1. The molecular weight excluding hydrogens is 296 g/mol. The Morgan fingerprint density at radius 3 is 2.25 bits per heavy atom. The third-order valence-electron chi connectivity index (χ3n) is 3.04. The van der Waals surface area contributed by atoms with E-state index in [2.05, 4.69) is 37.9 Å². The van der Waals surface area contributed by atoms with E-state index in [1.807, 2.05) is 12.1 Å². The first-order valence-corrected chi connectivity index (χ1v) is 8.53. The molecule has 0 radical (unpaired) electrons. The Balaban J connectivity index is 2.17. The molecule has 6 heteroatoms. The van der Waals surface area contributed by atoms with E-state index in [-0.39, 0.29) is 10.4 Å². The van der Waals surface area contributed by atoms with Crippen LogP contribution in [0.3, 0.4) is 0 Å². The Hall–Kier alpha value is -1.33. The minimum atomic E-state index is -3.76. The van der Waals surface area contributed by atoms with Gasteiger partial charge in [-0.25, -0.2) is 13.4 Å². The summed E-state index contributed by atoms with van der Waals surface area (Å²) in [6, 6.07) is 8.25. The lowest BCUT2D eigenvalue weighted by atomic mass is 9.87. The van der Waals surface area contributed by atoms with Crippen molar-refractivity contribution in [3.63, 3.8) is 0 Å². The van der Waals surface area contributed by atoms with Gasteiger partial charge in [0, 0.05) is 23.4 Å². The largest absolute Gasteiger partial charge is 0.332 e. The van der Waals surface area contributed by atoms with Crippen LogP contribution in [0.1, 0.15) is 31.9 Å². The lowest BCUT2D eigenvalue weighted by Crippen LogP contribution is -2.10. The predicted molar refractivity (Wildman–Crippen MR) is 79.5 cm³/mol. The third kappa shape index (κ3) is 3.61. The number of rotatable bonds is 3. The Bertz CT molecular complexity index is 698. The molecule has 0 amide bonds. The second-order valence-electron chi connectivity index (χ2n) is 5.77. The van der Waals surface area contributed by atoms with Gasteiger partial charge >= 0.3 is 0 Å². The van der Waals surface area contributed by atoms with Crippen LogP contribution in [-0.2, 0) is 21.0 Å². The van der Waals surface area contributed by atoms with E-state index in [4.69, 9.17) is 10.7 Å². The zero-order valence-corrected chi connectivity index (χ0v) is 13.2. The summed E-state index contributed by atoms with van der Waals surface area (Å²) in [6.07, 6.45) is 2.90. The molecule has 1 aromatic heterocycles. The van der Waals surface area contributed by atoms with Crippen molar-refractivity contribution >= 4 is 19.7 Å². The maximum absolute atomic E-state index is 11.1. The molecule has 0 aliphatic rings. The number of benzene rings is 1. The summed E-state index contributed by atoms with van der Waals surface area (Å²) in [4.78, 5) is 3.78. The highest BCUT2D eigenvalue weighted by Crippen LogP contribution is 2.22. The van der Waals surface area contributed by atoms with E-state index >= 15 is 0 Å². The van der Waals surface area contributed by atoms with E-state index in [1.165, 1.54) is 18.1 Å². The smallest absolute Gasteiger partial charge is 0.280 e. The van der Waals surface area contributed by atoms with Crippen molar-refractivity contribution in [2.75, 3.05) is 0 Å². The standard InChI is InChI=1S/C14H17ClN2O2S/c1-14(2,3)12-6-4-11(5-7-12)8-17-9-13(16-10-17)20(15,18)19/h4-7,9-10H,8H2,1-3H3. The van der Waals surface area contributed by atoms with Crippen molar-refractivity contribution in [2.24, 2.45) is 0 Å². The summed E-state index contributed by atoms with van der Waals surface area (Å²) in [5.74, 6) is 0. The molecule has 0 spiro atoms. The van der Waals surface area contributed by atoms with Gasteiger partial charge in [0.25, 0.3) is 9.05 Å². The topological polar surface area (TPSA) is 52.0 Å². The average molecular weight is 313 g/mol. The molecule has 0 aliphatic heterocycles. The van der Waals surface area contributed by atoms with Crippen LogP contribution in [0.4, 0.5) is 0 Å². The van der Waals surface area contributed by atoms with Crippen LogP contribution >= 0.6 is 10.7 Å². The first-order valence-electron chi connectivity index (χ1n) is 6.22. The first kappa shape index (κ1) is 15.1. The Morgan fingerprint density at radius 2 is 1.80 bits per heavy atom. The first-order chi connectivity index (χ1) is 9.16. The molecular formula is C14H17ClN2O2S. The second kappa shape index (κ2) is 5.22. The summed E-state index contributed by atoms with van der Waals surface area (Å²) in [5, 5.41) is -0.120. The van der Waals surface area contributed by atoms with Crippen molar-refractivity contribution in [3.8, 4) is 0 Å². The van der Waals surface area contributed by atoms with E-state index in [0.717, 1.165) is 5.56 Å². The molecule has 1 aromatic carbocycles. The summed E-state index contributed by atoms with van der Waals surface area (Å²) in [5.41, 5.74) is 2.46. The monoisotopic (exact) mass is 312 g/mol. The lowest BCUT2D eigenvalue weighted by molar-refractivity contribution is 0.589. The highest BCUT2D eigenvalue weighted by molar-refractivity contribution is 8.13. The van der Waals surface area contributed by atoms with Gasteiger partial charge in [0.15, 0.2) is 5.03 Å². The fourth-order valence-electron chi connectivity index (χ4n) is 1.87. The van der Waals surface area contributed by atoms with Crippen LogP contribution in [0.25, 0.3) is 0 Å². The molecule has 0 atom stereocenters. The summed E-state index contributed by atoms with van der Waals surface area (Å²) < 4.78 is 24.0. The van der Waals surface area contributed by atoms with E-state index < -0.39 is 9.05 Å². The lowest BCUT2D eigenvalue weighted by Gasteiger charge is -2.19. The number of hydrogen-bond donors (Lipinski definition) is 0. The number of halogens is 1. The molecule has 108 valence electrons. The van der Waals surface area contributed by atoms with Crippen LogP contribution in [-0.4, -0.2) is 18.0 Å². The molecule has 0 aliphatic carbocycles. The van der Waals surface area contributed by atoms with Gasteiger partial charge < -0.3 is 4.57 Å².